The molecular weight excluding hydrogens is 460 g/mol. The molecule has 3 N–H and O–H groups in total. The van der Waals surface area contributed by atoms with Gasteiger partial charge in [0.1, 0.15) is 0 Å². The molecule has 2 aromatic heterocycles. The smallest absolute Gasteiger partial charge is 0.359 e. The lowest BCUT2D eigenvalue weighted by atomic mass is 9.88. The number of nitrogens with one attached hydrogen (secondary N) is 2. The molecule has 2 saturated carbocycles. The normalized spacial score (nSPS) is 32.7. The van der Waals surface area contributed by atoms with Crippen molar-refractivity contribution in [3.8, 4) is 0 Å². The van der Waals surface area contributed by atoms with Gasteiger partial charge in [0.25, 0.3) is 11.8 Å². The quantitative estimate of drug-likeness (QED) is 0.454. The average molecular weight is 484 g/mol. The van der Waals surface area contributed by atoms with Crippen molar-refractivity contribution in [2.24, 2.45) is 22.7 Å². The maximum absolute atomic E-state index is 13.7. The minimum Gasteiger partial charge on any atom is -0.476 e. The molecule has 2 aromatic rings. The number of carboxylic acid groups (broad SMARTS) is 1. The highest BCUT2D eigenvalue weighted by Gasteiger charge is 2.79. The lowest BCUT2D eigenvalue weighted by Crippen LogP contribution is -2.16. The fourth-order valence-corrected chi connectivity index (χ4v) is 5.76. The van der Waals surface area contributed by atoms with Crippen molar-refractivity contribution < 1.29 is 37.0 Å². The van der Waals surface area contributed by atoms with Crippen LogP contribution >= 0.6 is 0 Å². The number of aromatic nitrogens is 4. The van der Waals surface area contributed by atoms with Gasteiger partial charge in [-0.25, -0.2) is 27.2 Å². The maximum Gasteiger partial charge on any atom is 0.359 e. The van der Waals surface area contributed by atoms with Crippen molar-refractivity contribution >= 4 is 11.9 Å². The third kappa shape index (κ3) is 2.83. The predicted octanol–water partition coefficient (Wildman–Crippen LogP) is 3.43. The zero-order valence-corrected chi connectivity index (χ0v) is 18.8. The Morgan fingerprint density at radius 1 is 0.941 bits per heavy atom. The number of ether oxygens (including phenoxy) is 1. The fourth-order valence-electron chi connectivity index (χ4n) is 5.76. The molecular formula is C22H24F4N4O4. The Kier molecular flexibility index (Phi) is 4.58. The van der Waals surface area contributed by atoms with Crippen molar-refractivity contribution in [1.29, 1.82) is 0 Å². The first-order valence-corrected chi connectivity index (χ1v) is 11.1. The van der Waals surface area contributed by atoms with Crippen LogP contribution in [0.15, 0.2) is 0 Å². The summed E-state index contributed by atoms with van der Waals surface area (Å²) in [5, 5.41) is 21.7. The number of fused-ring (bicyclic) bond motifs is 4. The van der Waals surface area contributed by atoms with Gasteiger partial charge >= 0.3 is 11.9 Å². The molecule has 0 spiro atoms. The molecule has 184 valence electrons. The summed E-state index contributed by atoms with van der Waals surface area (Å²) in [6, 6.07) is 0. The number of H-pyrrole nitrogens is 2. The molecule has 2 fully saturated rings. The van der Waals surface area contributed by atoms with Gasteiger partial charge in [-0.05, 0) is 19.8 Å². The van der Waals surface area contributed by atoms with Crippen LogP contribution in [-0.2, 0) is 30.4 Å². The fraction of sp³-hybridized carbons (Fsp3) is 0.636. The Hall–Kier alpha value is -2.92. The number of nitrogens with zero attached hydrogens (tertiary/aromatic N) is 2. The number of hydrogen-bond acceptors (Lipinski definition) is 5. The Balaban J connectivity index is 0.000000142. The van der Waals surface area contributed by atoms with Crippen molar-refractivity contribution in [3.05, 3.63) is 33.9 Å². The van der Waals surface area contributed by atoms with Gasteiger partial charge in [0, 0.05) is 58.0 Å². The number of carboxylic acids is 1. The first-order valence-electron chi connectivity index (χ1n) is 11.1. The van der Waals surface area contributed by atoms with Crippen molar-refractivity contribution in [1.82, 2.24) is 20.4 Å². The van der Waals surface area contributed by atoms with Crippen LogP contribution in [0.1, 0.15) is 64.3 Å². The van der Waals surface area contributed by atoms with Gasteiger partial charge in [-0.15, -0.1) is 0 Å². The molecule has 12 heteroatoms. The molecule has 8 nitrogen and oxygen atoms in total. The lowest BCUT2D eigenvalue weighted by molar-refractivity contribution is 0.0515. The molecule has 4 aliphatic carbocycles. The molecule has 2 heterocycles. The molecule has 0 amide bonds. The minimum absolute atomic E-state index is 0.108. The van der Waals surface area contributed by atoms with Crippen LogP contribution in [0.2, 0.25) is 0 Å². The molecule has 0 radical (unpaired) electrons. The maximum atomic E-state index is 13.7. The van der Waals surface area contributed by atoms with Gasteiger partial charge in [-0.3, -0.25) is 10.2 Å². The molecule has 34 heavy (non-hydrogen) atoms. The number of aromatic carboxylic acids is 1. The monoisotopic (exact) mass is 484 g/mol. The molecule has 0 bridgehead atoms. The number of rotatable bonds is 3. The number of aromatic amines is 2. The Morgan fingerprint density at radius 3 is 1.82 bits per heavy atom. The average Bonchev–Trinajstić information content (AvgIpc) is 3.17. The van der Waals surface area contributed by atoms with E-state index in [0.29, 0.717) is 22.5 Å². The summed E-state index contributed by atoms with van der Waals surface area (Å²) in [5.74, 6) is -8.43. The SMILES string of the molecule is CC12Cc3[nH]nc(C(=O)O)c3CC1C2(F)F.CCOC(=O)c1n[nH]c2c1CC1C(F)(F)C1(C)C2. The Bertz CT molecular complexity index is 1210. The molecule has 6 rings (SSSR count). The lowest BCUT2D eigenvalue weighted by Gasteiger charge is -2.15. The number of esters is 1. The van der Waals surface area contributed by atoms with E-state index in [9.17, 15) is 27.2 Å². The van der Waals surface area contributed by atoms with Gasteiger partial charge in [0.15, 0.2) is 11.4 Å². The topological polar surface area (TPSA) is 121 Å². The van der Waals surface area contributed by atoms with Gasteiger partial charge in [-0.2, -0.15) is 10.2 Å². The van der Waals surface area contributed by atoms with Crippen molar-refractivity contribution in [2.75, 3.05) is 6.61 Å². The van der Waals surface area contributed by atoms with Crippen molar-refractivity contribution in [3.63, 3.8) is 0 Å². The first kappa shape index (κ1) is 22.9. The number of halogens is 4. The highest BCUT2D eigenvalue weighted by atomic mass is 19.3. The highest BCUT2D eigenvalue weighted by molar-refractivity contribution is 5.89. The summed E-state index contributed by atoms with van der Waals surface area (Å²) in [6.07, 6.45) is 0.729. The van der Waals surface area contributed by atoms with E-state index < -0.39 is 46.4 Å². The first-order chi connectivity index (χ1) is 15.8. The van der Waals surface area contributed by atoms with Crippen LogP contribution in [0.25, 0.3) is 0 Å². The van der Waals surface area contributed by atoms with Crippen LogP contribution in [-0.4, -0.2) is 55.9 Å². The van der Waals surface area contributed by atoms with E-state index in [-0.39, 0.29) is 43.7 Å². The third-order valence-corrected chi connectivity index (χ3v) is 8.25. The number of carbonyl (C=O) groups excluding carboxylic acids is 1. The number of alkyl halides is 4. The van der Waals surface area contributed by atoms with Gasteiger partial charge < -0.3 is 9.84 Å². The molecule has 4 aliphatic rings. The molecule has 4 unspecified atom stereocenters. The van der Waals surface area contributed by atoms with Gasteiger partial charge in [0.05, 0.1) is 6.61 Å². The zero-order valence-electron chi connectivity index (χ0n) is 18.8. The standard InChI is InChI=1S/C12H14F2N2O2.C10H10F2N2O2/c1-3-18-10(17)9-6-4-8-11(2,12(8,13)14)5-7(6)15-16-9;1-9-3-5-4(2-6(9)10(9,11)12)7(8(15)16)14-13-5/h8H,3-5H2,1-2H3,(H,15,16);6H,2-3H2,1H3,(H,13,14)(H,15,16). The second kappa shape index (κ2) is 6.82. The van der Waals surface area contributed by atoms with Crippen LogP contribution < -0.4 is 0 Å². The minimum atomic E-state index is -2.68. The van der Waals surface area contributed by atoms with Crippen LogP contribution in [0.4, 0.5) is 17.6 Å². The summed E-state index contributed by atoms with van der Waals surface area (Å²) >= 11 is 0. The molecule has 4 atom stereocenters. The van der Waals surface area contributed by atoms with Gasteiger partial charge in [0.2, 0.25) is 0 Å². The molecule has 0 saturated heterocycles. The Morgan fingerprint density at radius 2 is 1.38 bits per heavy atom. The van der Waals surface area contributed by atoms with Crippen molar-refractivity contribution in [2.45, 2.75) is 58.3 Å². The summed E-state index contributed by atoms with van der Waals surface area (Å²) < 4.78 is 59.1. The second-order valence-electron chi connectivity index (χ2n) is 10.0. The zero-order chi connectivity index (χ0) is 24.8. The van der Waals surface area contributed by atoms with E-state index >= 15 is 0 Å². The van der Waals surface area contributed by atoms with Gasteiger partial charge in [-0.1, -0.05) is 13.8 Å². The summed E-state index contributed by atoms with van der Waals surface area (Å²) in [7, 11) is 0. The van der Waals surface area contributed by atoms with E-state index in [4.69, 9.17) is 9.84 Å². The van der Waals surface area contributed by atoms with E-state index in [1.165, 1.54) is 0 Å². The van der Waals surface area contributed by atoms with E-state index in [2.05, 4.69) is 20.4 Å². The second-order valence-corrected chi connectivity index (χ2v) is 10.0. The summed E-state index contributed by atoms with van der Waals surface area (Å²) in [4.78, 5) is 22.5. The van der Waals surface area contributed by atoms with Crippen LogP contribution in [0.3, 0.4) is 0 Å². The Labute approximate surface area is 191 Å². The largest absolute Gasteiger partial charge is 0.476 e. The van der Waals surface area contributed by atoms with E-state index in [0.717, 1.165) is 0 Å². The molecule has 0 aliphatic heterocycles. The summed E-state index contributed by atoms with van der Waals surface area (Å²) in [5.41, 5.74) is 0.319. The number of hydrogen-bond donors (Lipinski definition) is 3. The number of carbonyl (C=O) groups is 2. The van der Waals surface area contributed by atoms with E-state index in [1.54, 1.807) is 20.8 Å². The van der Waals surface area contributed by atoms with Crippen LogP contribution in [0, 0.1) is 22.7 Å². The van der Waals surface area contributed by atoms with Crippen LogP contribution in [0.5, 0.6) is 0 Å². The predicted molar refractivity (Wildman–Crippen MR) is 108 cm³/mol. The molecule has 0 aromatic carbocycles. The third-order valence-electron chi connectivity index (χ3n) is 8.25. The van der Waals surface area contributed by atoms with E-state index in [1.807, 2.05) is 0 Å². The summed E-state index contributed by atoms with van der Waals surface area (Å²) in [6.45, 7) is 5.08. The highest BCUT2D eigenvalue weighted by Crippen LogP contribution is 2.71.